The largest absolute Gasteiger partial charge is 0.491 e. The van der Waals surface area contributed by atoms with Gasteiger partial charge in [-0.1, -0.05) is 0 Å². The third kappa shape index (κ3) is 4.79. The van der Waals surface area contributed by atoms with Gasteiger partial charge in [0.1, 0.15) is 12.4 Å². The van der Waals surface area contributed by atoms with E-state index in [-0.39, 0.29) is 0 Å². The molecule has 1 N–H and O–H groups in total. The Kier molecular flexibility index (Phi) is 5.70. The molecule has 0 spiro atoms. The first-order valence-corrected chi connectivity index (χ1v) is 4.66. The third-order valence-electron chi connectivity index (χ3n) is 1.66. The van der Waals surface area contributed by atoms with Gasteiger partial charge in [-0.05, 0) is 12.1 Å². The summed E-state index contributed by atoms with van der Waals surface area (Å²) in [6.45, 7) is 3.05. The molecule has 0 aliphatic carbocycles. The van der Waals surface area contributed by atoms with Crippen molar-refractivity contribution >= 4 is 0 Å². The van der Waals surface area contributed by atoms with Gasteiger partial charge in [0, 0.05) is 26.4 Å². The van der Waals surface area contributed by atoms with Crippen LogP contribution in [0, 0.1) is 0 Å². The monoisotopic (exact) mass is 196 g/mol. The fraction of sp³-hybridized carbons (Fsp3) is 0.500. The lowest BCUT2D eigenvalue weighted by molar-refractivity contribution is 0.196. The summed E-state index contributed by atoms with van der Waals surface area (Å²) < 4.78 is 10.3. The summed E-state index contributed by atoms with van der Waals surface area (Å²) >= 11 is 0. The zero-order valence-electron chi connectivity index (χ0n) is 8.40. The van der Waals surface area contributed by atoms with Crippen LogP contribution in [0.2, 0.25) is 0 Å². The number of nitrogens with zero attached hydrogens (tertiary/aromatic N) is 1. The molecule has 0 saturated heterocycles. The summed E-state index contributed by atoms with van der Waals surface area (Å²) in [6.07, 6.45) is 3.43. The number of ether oxygens (including phenoxy) is 2. The lowest BCUT2D eigenvalue weighted by Gasteiger charge is -2.06. The van der Waals surface area contributed by atoms with E-state index in [4.69, 9.17) is 9.47 Å². The Morgan fingerprint density at radius 1 is 1.36 bits per heavy atom. The first-order valence-electron chi connectivity index (χ1n) is 4.66. The second kappa shape index (κ2) is 7.29. The van der Waals surface area contributed by atoms with E-state index in [0.717, 1.165) is 25.4 Å². The van der Waals surface area contributed by atoms with Gasteiger partial charge >= 0.3 is 0 Å². The van der Waals surface area contributed by atoms with Gasteiger partial charge in [0.15, 0.2) is 0 Å². The van der Waals surface area contributed by atoms with Gasteiger partial charge in [-0.2, -0.15) is 0 Å². The molecule has 0 saturated carbocycles. The van der Waals surface area contributed by atoms with E-state index in [1.54, 1.807) is 19.5 Å². The molecule has 4 heteroatoms. The molecule has 0 aliphatic heterocycles. The Bertz CT molecular complexity index is 229. The van der Waals surface area contributed by atoms with Crippen LogP contribution >= 0.6 is 0 Å². The molecule has 0 unspecified atom stereocenters. The molecule has 4 nitrogen and oxygen atoms in total. The minimum Gasteiger partial charge on any atom is -0.491 e. The fourth-order valence-electron chi connectivity index (χ4n) is 0.973. The maximum Gasteiger partial charge on any atom is 0.137 e. The lowest BCUT2D eigenvalue weighted by Crippen LogP contribution is -2.24. The fourth-order valence-corrected chi connectivity index (χ4v) is 0.973. The molecule has 0 bridgehead atoms. The van der Waals surface area contributed by atoms with Crippen molar-refractivity contribution in [2.24, 2.45) is 0 Å². The maximum absolute atomic E-state index is 5.42. The predicted molar refractivity (Wildman–Crippen MR) is 54.5 cm³/mol. The average Bonchev–Trinajstić information content (AvgIpc) is 2.25. The number of hydrogen-bond donors (Lipinski definition) is 1. The van der Waals surface area contributed by atoms with Crippen molar-refractivity contribution in [3.8, 4) is 5.75 Å². The smallest absolute Gasteiger partial charge is 0.137 e. The van der Waals surface area contributed by atoms with Gasteiger partial charge in [-0.3, -0.25) is 4.98 Å². The Balaban J connectivity index is 1.99. The zero-order valence-corrected chi connectivity index (χ0v) is 8.40. The van der Waals surface area contributed by atoms with E-state index in [2.05, 4.69) is 10.3 Å². The molecule has 0 aromatic carbocycles. The highest BCUT2D eigenvalue weighted by molar-refractivity contribution is 5.15. The summed E-state index contributed by atoms with van der Waals surface area (Å²) in [7, 11) is 1.69. The van der Waals surface area contributed by atoms with Gasteiger partial charge in [0.05, 0.1) is 12.8 Å². The van der Waals surface area contributed by atoms with Gasteiger partial charge in [-0.15, -0.1) is 0 Å². The number of methoxy groups -OCH3 is 1. The second-order valence-corrected chi connectivity index (χ2v) is 2.78. The molecule has 0 amide bonds. The molecule has 0 aliphatic rings. The molecule has 1 aromatic rings. The highest BCUT2D eigenvalue weighted by Crippen LogP contribution is 2.04. The van der Waals surface area contributed by atoms with Gasteiger partial charge < -0.3 is 14.8 Å². The first-order chi connectivity index (χ1) is 6.93. The van der Waals surface area contributed by atoms with Crippen molar-refractivity contribution < 1.29 is 9.47 Å². The highest BCUT2D eigenvalue weighted by Gasteiger charge is 1.91. The molecule has 78 valence electrons. The minimum absolute atomic E-state index is 0.648. The number of rotatable bonds is 7. The standard InChI is InChI=1S/C10H16N2O2/c1-13-7-5-11-6-8-14-10-3-2-4-12-9-10/h2-4,9,11H,5-8H2,1H3. The van der Waals surface area contributed by atoms with E-state index < -0.39 is 0 Å². The van der Waals surface area contributed by atoms with Crippen LogP contribution in [0.4, 0.5) is 0 Å². The molecule has 0 atom stereocenters. The van der Waals surface area contributed by atoms with E-state index in [1.165, 1.54) is 0 Å². The van der Waals surface area contributed by atoms with Crippen LogP contribution in [0.15, 0.2) is 24.5 Å². The summed E-state index contributed by atoms with van der Waals surface area (Å²) in [5.41, 5.74) is 0. The van der Waals surface area contributed by atoms with E-state index in [0.29, 0.717) is 6.61 Å². The quantitative estimate of drug-likeness (QED) is 0.652. The number of nitrogens with one attached hydrogen (secondary N) is 1. The first kappa shape index (κ1) is 10.9. The van der Waals surface area contributed by atoms with Crippen LogP contribution < -0.4 is 10.1 Å². The molecule has 1 aromatic heterocycles. The topological polar surface area (TPSA) is 43.4 Å². The Hall–Kier alpha value is -1.13. The highest BCUT2D eigenvalue weighted by atomic mass is 16.5. The van der Waals surface area contributed by atoms with Crippen molar-refractivity contribution in [1.82, 2.24) is 10.3 Å². The van der Waals surface area contributed by atoms with E-state index in [9.17, 15) is 0 Å². The van der Waals surface area contributed by atoms with Gasteiger partial charge in [0.2, 0.25) is 0 Å². The van der Waals surface area contributed by atoms with E-state index in [1.807, 2.05) is 12.1 Å². The van der Waals surface area contributed by atoms with Crippen LogP contribution in [-0.4, -0.2) is 38.4 Å². The number of pyridine rings is 1. The van der Waals surface area contributed by atoms with Crippen molar-refractivity contribution in [2.75, 3.05) is 33.4 Å². The number of hydrogen-bond acceptors (Lipinski definition) is 4. The van der Waals surface area contributed by atoms with Crippen LogP contribution in [0.1, 0.15) is 0 Å². The van der Waals surface area contributed by atoms with Crippen LogP contribution in [-0.2, 0) is 4.74 Å². The van der Waals surface area contributed by atoms with Crippen molar-refractivity contribution in [2.45, 2.75) is 0 Å². The van der Waals surface area contributed by atoms with Gasteiger partial charge in [0.25, 0.3) is 0 Å². The Morgan fingerprint density at radius 3 is 2.93 bits per heavy atom. The second-order valence-electron chi connectivity index (χ2n) is 2.78. The van der Waals surface area contributed by atoms with Gasteiger partial charge in [-0.25, -0.2) is 0 Å². The zero-order chi connectivity index (χ0) is 10.1. The Morgan fingerprint density at radius 2 is 2.21 bits per heavy atom. The third-order valence-corrected chi connectivity index (χ3v) is 1.66. The predicted octanol–water partition coefficient (Wildman–Crippen LogP) is 0.696. The number of aromatic nitrogens is 1. The van der Waals surface area contributed by atoms with Crippen molar-refractivity contribution in [3.05, 3.63) is 24.5 Å². The summed E-state index contributed by atoms with van der Waals surface area (Å²) in [5, 5.41) is 3.19. The molecular weight excluding hydrogens is 180 g/mol. The lowest BCUT2D eigenvalue weighted by atomic mass is 10.5. The summed E-state index contributed by atoms with van der Waals surface area (Å²) in [5.74, 6) is 0.807. The molecule has 1 heterocycles. The van der Waals surface area contributed by atoms with Crippen LogP contribution in [0.25, 0.3) is 0 Å². The SMILES string of the molecule is COCCNCCOc1cccnc1. The molecule has 1 rings (SSSR count). The molecule has 0 radical (unpaired) electrons. The van der Waals surface area contributed by atoms with Crippen molar-refractivity contribution in [1.29, 1.82) is 0 Å². The molecule has 14 heavy (non-hydrogen) atoms. The van der Waals surface area contributed by atoms with Crippen LogP contribution in [0.3, 0.4) is 0 Å². The normalized spacial score (nSPS) is 10.1. The minimum atomic E-state index is 0.648. The molecular formula is C10H16N2O2. The Labute approximate surface area is 84.3 Å². The average molecular weight is 196 g/mol. The molecule has 0 fully saturated rings. The summed E-state index contributed by atoms with van der Waals surface area (Å²) in [4.78, 5) is 3.95. The summed E-state index contributed by atoms with van der Waals surface area (Å²) in [6, 6.07) is 3.75. The maximum atomic E-state index is 5.42. The van der Waals surface area contributed by atoms with E-state index >= 15 is 0 Å². The van der Waals surface area contributed by atoms with Crippen molar-refractivity contribution in [3.63, 3.8) is 0 Å². The van der Waals surface area contributed by atoms with Crippen LogP contribution in [0.5, 0.6) is 5.75 Å².